The van der Waals surface area contributed by atoms with Gasteiger partial charge >= 0.3 is 5.97 Å². The van der Waals surface area contributed by atoms with Crippen LogP contribution in [-0.2, 0) is 19.6 Å². The quantitative estimate of drug-likeness (QED) is 0.623. The zero-order valence-corrected chi connectivity index (χ0v) is 10.5. The van der Waals surface area contributed by atoms with E-state index in [0.717, 1.165) is 4.31 Å². The molecule has 0 aromatic heterocycles. The molecule has 6 nitrogen and oxygen atoms in total. The minimum absolute atomic E-state index is 0.0122. The van der Waals surface area contributed by atoms with E-state index in [1.54, 1.807) is 13.0 Å². The number of carbonyl (C=O) groups excluding carboxylic acids is 1. The van der Waals surface area contributed by atoms with E-state index in [4.69, 9.17) is 5.26 Å². The maximum Gasteiger partial charge on any atom is 0.307 e. The first-order chi connectivity index (χ1) is 7.36. The normalized spacial score (nSPS) is 13.2. The summed E-state index contributed by atoms with van der Waals surface area (Å²) in [4.78, 5) is 11.0. The lowest BCUT2D eigenvalue weighted by Gasteiger charge is -2.17. The van der Waals surface area contributed by atoms with Crippen LogP contribution in [0.2, 0.25) is 0 Å². The third-order valence-corrected chi connectivity index (χ3v) is 4.05. The van der Waals surface area contributed by atoms with E-state index < -0.39 is 21.2 Å². The summed E-state index contributed by atoms with van der Waals surface area (Å²) in [6.45, 7) is 3.27. The van der Waals surface area contributed by atoms with Crippen LogP contribution in [0.3, 0.4) is 0 Å². The maximum absolute atomic E-state index is 11.6. The molecular weight excluding hydrogens is 232 g/mol. The minimum atomic E-state index is -3.64. The van der Waals surface area contributed by atoms with Crippen LogP contribution in [0.15, 0.2) is 0 Å². The van der Waals surface area contributed by atoms with E-state index in [1.165, 1.54) is 14.0 Å². The molecule has 0 aromatic rings. The van der Waals surface area contributed by atoms with Crippen molar-refractivity contribution in [2.45, 2.75) is 25.5 Å². The summed E-state index contributed by atoms with van der Waals surface area (Å²) >= 11 is 0. The first-order valence-corrected chi connectivity index (χ1v) is 6.37. The van der Waals surface area contributed by atoms with Crippen LogP contribution in [0.25, 0.3) is 0 Å². The molecule has 0 aliphatic heterocycles. The van der Waals surface area contributed by atoms with Crippen LogP contribution in [-0.4, -0.2) is 44.1 Å². The number of nitriles is 1. The van der Waals surface area contributed by atoms with E-state index in [9.17, 15) is 13.2 Å². The number of carbonyl (C=O) groups is 1. The average Bonchev–Trinajstić information content (AvgIpc) is 2.24. The molecule has 0 rings (SSSR count). The molecule has 7 heteroatoms. The highest BCUT2D eigenvalue weighted by molar-refractivity contribution is 7.89. The number of hydrogen-bond acceptors (Lipinski definition) is 5. The summed E-state index contributed by atoms with van der Waals surface area (Å²) in [5.41, 5.74) is 0. The highest BCUT2D eigenvalue weighted by atomic mass is 32.2. The molecule has 0 aliphatic carbocycles. The molecule has 0 aromatic carbocycles. The standard InChI is InChI=1S/C9H16N2O4S/c1-4-15-9(12)5-6-11(3)16(13,14)8(2)7-10/h8H,4-6H2,1-3H3. The summed E-state index contributed by atoms with van der Waals surface area (Å²) in [5, 5.41) is 7.42. The molecule has 0 aliphatic rings. The topological polar surface area (TPSA) is 87.5 Å². The van der Waals surface area contributed by atoms with Gasteiger partial charge < -0.3 is 4.74 Å². The molecule has 0 N–H and O–H groups in total. The van der Waals surface area contributed by atoms with Crippen LogP contribution in [0, 0.1) is 11.3 Å². The molecule has 0 radical (unpaired) electrons. The molecule has 16 heavy (non-hydrogen) atoms. The molecule has 1 atom stereocenters. The lowest BCUT2D eigenvalue weighted by molar-refractivity contribution is -0.143. The van der Waals surface area contributed by atoms with Gasteiger partial charge in [0.1, 0.15) is 0 Å². The Balaban J connectivity index is 4.33. The van der Waals surface area contributed by atoms with Gasteiger partial charge in [-0.25, -0.2) is 12.7 Å². The number of rotatable bonds is 6. The van der Waals surface area contributed by atoms with E-state index in [2.05, 4.69) is 4.74 Å². The molecule has 0 spiro atoms. The van der Waals surface area contributed by atoms with Crippen LogP contribution in [0.5, 0.6) is 0 Å². The minimum Gasteiger partial charge on any atom is -0.466 e. The second-order valence-electron chi connectivity index (χ2n) is 3.19. The Labute approximate surface area is 95.8 Å². The van der Waals surface area contributed by atoms with Crippen molar-refractivity contribution in [2.75, 3.05) is 20.2 Å². The zero-order chi connectivity index (χ0) is 12.8. The predicted octanol–water partition coefficient (Wildman–Crippen LogP) is 0.113. The van der Waals surface area contributed by atoms with Gasteiger partial charge in [0, 0.05) is 13.6 Å². The van der Waals surface area contributed by atoms with Gasteiger partial charge in [-0.3, -0.25) is 4.79 Å². The van der Waals surface area contributed by atoms with Gasteiger partial charge in [0.2, 0.25) is 10.0 Å². The lowest BCUT2D eigenvalue weighted by Crippen LogP contribution is -2.35. The van der Waals surface area contributed by atoms with Crippen molar-refractivity contribution in [3.8, 4) is 6.07 Å². The number of esters is 1. The molecule has 0 bridgehead atoms. The van der Waals surface area contributed by atoms with Gasteiger partial charge in [0.15, 0.2) is 5.25 Å². The molecule has 0 fully saturated rings. The molecule has 1 unspecified atom stereocenters. The number of hydrogen-bond donors (Lipinski definition) is 0. The number of nitrogens with zero attached hydrogens (tertiary/aromatic N) is 2. The lowest BCUT2D eigenvalue weighted by atomic mass is 10.4. The first-order valence-electron chi connectivity index (χ1n) is 4.86. The average molecular weight is 248 g/mol. The van der Waals surface area contributed by atoms with E-state index in [1.807, 2.05) is 0 Å². The van der Waals surface area contributed by atoms with E-state index in [-0.39, 0.29) is 19.6 Å². The van der Waals surface area contributed by atoms with Crippen molar-refractivity contribution in [1.82, 2.24) is 4.31 Å². The van der Waals surface area contributed by atoms with Crippen LogP contribution in [0.1, 0.15) is 20.3 Å². The van der Waals surface area contributed by atoms with Gasteiger partial charge in [0.25, 0.3) is 0 Å². The highest BCUT2D eigenvalue weighted by Crippen LogP contribution is 2.06. The predicted molar refractivity (Wildman–Crippen MR) is 57.9 cm³/mol. The van der Waals surface area contributed by atoms with Crippen molar-refractivity contribution in [3.63, 3.8) is 0 Å². The molecule has 0 heterocycles. The molecular formula is C9H16N2O4S. The molecule has 92 valence electrons. The Morgan fingerprint density at radius 3 is 2.56 bits per heavy atom. The SMILES string of the molecule is CCOC(=O)CCN(C)S(=O)(=O)C(C)C#N. The van der Waals surface area contributed by atoms with Gasteiger partial charge in [-0.2, -0.15) is 5.26 Å². The summed E-state index contributed by atoms with van der Waals surface area (Å²) in [6.07, 6.45) is -0.0122. The summed E-state index contributed by atoms with van der Waals surface area (Å²) in [5.74, 6) is -0.450. The Bertz CT molecular complexity index is 371. The monoisotopic (exact) mass is 248 g/mol. The van der Waals surface area contributed by atoms with Crippen molar-refractivity contribution in [1.29, 1.82) is 5.26 Å². The molecule has 0 saturated heterocycles. The van der Waals surface area contributed by atoms with E-state index in [0.29, 0.717) is 0 Å². The number of ether oxygens (including phenoxy) is 1. The van der Waals surface area contributed by atoms with Crippen LogP contribution >= 0.6 is 0 Å². The van der Waals surface area contributed by atoms with Crippen LogP contribution < -0.4 is 0 Å². The number of sulfonamides is 1. The largest absolute Gasteiger partial charge is 0.466 e. The fourth-order valence-electron chi connectivity index (χ4n) is 0.946. The maximum atomic E-state index is 11.6. The fraction of sp³-hybridized carbons (Fsp3) is 0.778. The Kier molecular flexibility index (Phi) is 6.00. The third kappa shape index (κ3) is 4.16. The van der Waals surface area contributed by atoms with Gasteiger partial charge in [-0.1, -0.05) is 0 Å². The summed E-state index contributed by atoms with van der Waals surface area (Å²) in [6, 6.07) is 1.65. The second-order valence-corrected chi connectivity index (χ2v) is 5.55. The Morgan fingerprint density at radius 2 is 2.12 bits per heavy atom. The Hall–Kier alpha value is -1.13. The summed E-state index contributed by atoms with van der Waals surface area (Å²) in [7, 11) is -2.30. The van der Waals surface area contributed by atoms with E-state index >= 15 is 0 Å². The van der Waals surface area contributed by atoms with Crippen LogP contribution in [0.4, 0.5) is 0 Å². The van der Waals surface area contributed by atoms with Gasteiger partial charge in [-0.05, 0) is 13.8 Å². The first kappa shape index (κ1) is 14.9. The van der Waals surface area contributed by atoms with Gasteiger partial charge in [-0.15, -0.1) is 0 Å². The summed E-state index contributed by atoms with van der Waals surface area (Å²) < 4.78 is 28.8. The van der Waals surface area contributed by atoms with Gasteiger partial charge in [0.05, 0.1) is 19.1 Å². The third-order valence-electron chi connectivity index (χ3n) is 2.00. The van der Waals surface area contributed by atoms with Crippen molar-refractivity contribution < 1.29 is 17.9 Å². The van der Waals surface area contributed by atoms with Crippen molar-refractivity contribution in [3.05, 3.63) is 0 Å². The zero-order valence-electron chi connectivity index (χ0n) is 9.63. The molecule has 0 amide bonds. The smallest absolute Gasteiger partial charge is 0.307 e. The van der Waals surface area contributed by atoms with Crippen molar-refractivity contribution >= 4 is 16.0 Å². The fourth-order valence-corrected chi connectivity index (χ4v) is 1.96. The highest BCUT2D eigenvalue weighted by Gasteiger charge is 2.25. The molecule has 0 saturated carbocycles. The van der Waals surface area contributed by atoms with Crippen molar-refractivity contribution in [2.24, 2.45) is 0 Å². The Morgan fingerprint density at radius 1 is 1.56 bits per heavy atom. The second kappa shape index (κ2) is 6.45.